The molecule has 0 bridgehead atoms. The van der Waals surface area contributed by atoms with Crippen LogP contribution in [0.25, 0.3) is 10.9 Å². The first-order chi connectivity index (χ1) is 11.2. The maximum atomic E-state index is 3.64. The number of para-hydroxylation sites is 1. The molecule has 2 nitrogen and oxygen atoms in total. The van der Waals surface area contributed by atoms with Crippen molar-refractivity contribution >= 4 is 10.9 Å². The molecule has 0 saturated carbocycles. The van der Waals surface area contributed by atoms with E-state index >= 15 is 0 Å². The van der Waals surface area contributed by atoms with Crippen LogP contribution >= 0.6 is 0 Å². The van der Waals surface area contributed by atoms with E-state index < -0.39 is 0 Å². The molecule has 2 heterocycles. The van der Waals surface area contributed by atoms with Gasteiger partial charge in [0.1, 0.15) is 0 Å². The number of fused-ring (bicyclic) bond motifs is 3. The molecule has 4 rings (SSSR count). The quantitative estimate of drug-likeness (QED) is 0.742. The second-order valence-electron chi connectivity index (χ2n) is 6.92. The predicted molar refractivity (Wildman–Crippen MR) is 96.7 cm³/mol. The lowest BCUT2D eigenvalue weighted by atomic mass is 9.94. The average molecular weight is 304 g/mol. The van der Waals surface area contributed by atoms with Gasteiger partial charge in [-0.2, -0.15) is 0 Å². The Morgan fingerprint density at radius 1 is 1.09 bits per heavy atom. The van der Waals surface area contributed by atoms with E-state index in [1.807, 2.05) is 0 Å². The van der Waals surface area contributed by atoms with Gasteiger partial charge in [-0.25, -0.2) is 0 Å². The molecule has 0 aliphatic carbocycles. The van der Waals surface area contributed by atoms with Crippen LogP contribution in [0, 0.1) is 0 Å². The number of H-pyrrole nitrogens is 1. The van der Waals surface area contributed by atoms with E-state index in [4.69, 9.17) is 0 Å². The Hall–Kier alpha value is -2.06. The molecule has 23 heavy (non-hydrogen) atoms. The van der Waals surface area contributed by atoms with E-state index in [9.17, 15) is 0 Å². The van der Waals surface area contributed by atoms with Crippen molar-refractivity contribution in [1.82, 2.24) is 9.88 Å². The maximum absolute atomic E-state index is 3.64. The summed E-state index contributed by atoms with van der Waals surface area (Å²) < 4.78 is 0. The van der Waals surface area contributed by atoms with E-state index in [1.165, 1.54) is 27.7 Å². The van der Waals surface area contributed by atoms with Gasteiger partial charge in [-0.3, -0.25) is 4.90 Å². The van der Waals surface area contributed by atoms with Crippen molar-refractivity contribution < 1.29 is 0 Å². The van der Waals surface area contributed by atoms with Crippen molar-refractivity contribution in [3.05, 3.63) is 71.4 Å². The molecule has 3 aromatic rings. The lowest BCUT2D eigenvalue weighted by Gasteiger charge is -2.35. The monoisotopic (exact) mass is 304 g/mol. The fourth-order valence-electron chi connectivity index (χ4n) is 3.89. The van der Waals surface area contributed by atoms with Crippen molar-refractivity contribution in [3.8, 4) is 0 Å². The number of hydrogen-bond donors (Lipinski definition) is 1. The molecular weight excluding hydrogens is 280 g/mol. The lowest BCUT2D eigenvalue weighted by Crippen LogP contribution is -2.40. The van der Waals surface area contributed by atoms with Gasteiger partial charge in [0.25, 0.3) is 0 Å². The molecule has 2 heteroatoms. The van der Waals surface area contributed by atoms with Crippen LogP contribution in [-0.2, 0) is 13.0 Å². The topological polar surface area (TPSA) is 19.0 Å². The Labute approximate surface area is 138 Å². The normalized spacial score (nSPS) is 19.7. The molecule has 118 valence electrons. The third-order valence-corrected chi connectivity index (χ3v) is 5.26. The summed E-state index contributed by atoms with van der Waals surface area (Å²) in [4.78, 5) is 6.26. The van der Waals surface area contributed by atoms with E-state index in [0.717, 1.165) is 19.5 Å². The highest BCUT2D eigenvalue weighted by Gasteiger charge is 2.27. The highest BCUT2D eigenvalue weighted by Crippen LogP contribution is 2.31. The summed E-state index contributed by atoms with van der Waals surface area (Å²) in [6.45, 7) is 6.84. The van der Waals surface area contributed by atoms with Gasteiger partial charge in [-0.05, 0) is 36.5 Å². The van der Waals surface area contributed by atoms with Gasteiger partial charge in [0, 0.05) is 35.7 Å². The summed E-state index contributed by atoms with van der Waals surface area (Å²) >= 11 is 0. The van der Waals surface area contributed by atoms with E-state index in [1.54, 1.807) is 0 Å². The van der Waals surface area contributed by atoms with Crippen molar-refractivity contribution in [2.45, 2.75) is 38.8 Å². The molecule has 1 aromatic heterocycles. The van der Waals surface area contributed by atoms with E-state index in [-0.39, 0.29) is 0 Å². The molecule has 0 fully saturated rings. The summed E-state index contributed by atoms with van der Waals surface area (Å²) in [5, 5.41) is 1.41. The van der Waals surface area contributed by atoms with Crippen molar-refractivity contribution in [1.29, 1.82) is 0 Å². The summed E-state index contributed by atoms with van der Waals surface area (Å²) in [6, 6.07) is 20.1. The van der Waals surface area contributed by atoms with Gasteiger partial charge < -0.3 is 4.98 Å². The molecule has 0 saturated heterocycles. The number of nitrogens with zero attached hydrogens (tertiary/aromatic N) is 1. The number of nitrogens with one attached hydrogen (secondary N) is 1. The highest BCUT2D eigenvalue weighted by molar-refractivity contribution is 5.84. The third-order valence-electron chi connectivity index (χ3n) is 5.26. The number of aromatic nitrogens is 1. The first-order valence-corrected chi connectivity index (χ1v) is 8.60. The van der Waals surface area contributed by atoms with Crippen LogP contribution < -0.4 is 0 Å². The van der Waals surface area contributed by atoms with Gasteiger partial charge in [-0.15, -0.1) is 0 Å². The predicted octanol–water partition coefficient (Wildman–Crippen LogP) is 4.72. The summed E-state index contributed by atoms with van der Waals surface area (Å²) in [7, 11) is 0. The summed E-state index contributed by atoms with van der Waals surface area (Å²) in [5.74, 6) is 0.560. The van der Waals surface area contributed by atoms with Gasteiger partial charge >= 0.3 is 0 Å². The van der Waals surface area contributed by atoms with Crippen LogP contribution in [0.3, 0.4) is 0 Å². The molecule has 2 atom stereocenters. The zero-order valence-electron chi connectivity index (χ0n) is 13.9. The largest absolute Gasteiger partial charge is 0.357 e. The second-order valence-corrected chi connectivity index (χ2v) is 6.92. The third kappa shape index (κ3) is 2.68. The molecule has 1 aliphatic rings. The molecule has 0 radical (unpaired) electrons. The SMILES string of the molecule is CC1Cc2c([nH]c3ccccc23)CN1C[C@H](C)c1ccccc1. The second kappa shape index (κ2) is 5.86. The minimum absolute atomic E-state index is 0.560. The zero-order chi connectivity index (χ0) is 15.8. The first-order valence-electron chi connectivity index (χ1n) is 8.60. The van der Waals surface area contributed by atoms with Gasteiger partial charge in [0.05, 0.1) is 0 Å². The zero-order valence-corrected chi connectivity index (χ0v) is 13.9. The molecule has 1 aliphatic heterocycles. The molecule has 1 N–H and O–H groups in total. The standard InChI is InChI=1S/C21H24N2/c1-15(17-8-4-3-5-9-17)13-23-14-21-19(12-16(23)2)18-10-6-7-11-20(18)22-21/h3-11,15-16,22H,12-14H2,1-2H3/t15-,16?/m0/s1. The van der Waals surface area contributed by atoms with E-state index in [2.05, 4.69) is 78.3 Å². The Balaban J connectivity index is 1.57. The minimum Gasteiger partial charge on any atom is -0.357 e. The fraction of sp³-hybridized carbons (Fsp3) is 0.333. The lowest BCUT2D eigenvalue weighted by molar-refractivity contribution is 0.174. The minimum atomic E-state index is 0.560. The highest BCUT2D eigenvalue weighted by atomic mass is 15.2. The molecule has 0 amide bonds. The number of aromatic amines is 1. The van der Waals surface area contributed by atoms with Gasteiger partial charge in [-0.1, -0.05) is 55.5 Å². The van der Waals surface area contributed by atoms with Crippen molar-refractivity contribution in [2.75, 3.05) is 6.54 Å². The van der Waals surface area contributed by atoms with Crippen LogP contribution in [-0.4, -0.2) is 22.5 Å². The first kappa shape index (κ1) is 14.5. The number of benzene rings is 2. The van der Waals surface area contributed by atoms with Crippen LogP contribution in [0.4, 0.5) is 0 Å². The van der Waals surface area contributed by atoms with Gasteiger partial charge in [0.2, 0.25) is 0 Å². The molecular formula is C21H24N2. The molecule has 0 spiro atoms. The average Bonchev–Trinajstić information content (AvgIpc) is 2.93. The van der Waals surface area contributed by atoms with Gasteiger partial charge in [0.15, 0.2) is 0 Å². The van der Waals surface area contributed by atoms with Crippen LogP contribution in [0.15, 0.2) is 54.6 Å². The van der Waals surface area contributed by atoms with Crippen LogP contribution in [0.2, 0.25) is 0 Å². The van der Waals surface area contributed by atoms with Crippen LogP contribution in [0.5, 0.6) is 0 Å². The van der Waals surface area contributed by atoms with Crippen molar-refractivity contribution in [3.63, 3.8) is 0 Å². The Morgan fingerprint density at radius 3 is 2.65 bits per heavy atom. The Kier molecular flexibility index (Phi) is 3.70. The summed E-state index contributed by atoms with van der Waals surface area (Å²) in [5.41, 5.74) is 5.64. The number of hydrogen-bond acceptors (Lipinski definition) is 1. The Bertz CT molecular complexity index is 803. The Morgan fingerprint density at radius 2 is 1.83 bits per heavy atom. The molecule has 2 aromatic carbocycles. The van der Waals surface area contributed by atoms with E-state index in [0.29, 0.717) is 12.0 Å². The molecule has 1 unspecified atom stereocenters. The summed E-state index contributed by atoms with van der Waals surface area (Å²) in [6.07, 6.45) is 1.14. The number of rotatable bonds is 3. The fourth-order valence-corrected chi connectivity index (χ4v) is 3.89. The van der Waals surface area contributed by atoms with Crippen LogP contribution in [0.1, 0.15) is 36.6 Å². The smallest absolute Gasteiger partial charge is 0.0459 e. The maximum Gasteiger partial charge on any atom is 0.0459 e. The van der Waals surface area contributed by atoms with Crippen molar-refractivity contribution in [2.24, 2.45) is 0 Å².